The molecule has 1 aromatic rings. The van der Waals surface area contributed by atoms with Crippen molar-refractivity contribution in [2.75, 3.05) is 13.2 Å². The molecule has 0 spiro atoms. The number of carbonyl (C=O) groups excluding carboxylic acids is 2. The lowest BCUT2D eigenvalue weighted by Gasteiger charge is -2.14. The highest BCUT2D eigenvalue weighted by atomic mass is 16.5. The molecule has 1 aromatic heterocycles. The van der Waals surface area contributed by atoms with E-state index in [1.807, 2.05) is 0 Å². The number of esters is 1. The maximum Gasteiger partial charge on any atom is 0.360 e. The predicted molar refractivity (Wildman–Crippen MR) is 77.9 cm³/mol. The molecule has 0 bridgehead atoms. The Balaban J connectivity index is 2.72. The van der Waals surface area contributed by atoms with Gasteiger partial charge in [-0.1, -0.05) is 19.1 Å². The van der Waals surface area contributed by atoms with Crippen molar-refractivity contribution in [3.8, 4) is 0 Å². The molecule has 1 atom stereocenters. The van der Waals surface area contributed by atoms with Crippen molar-refractivity contribution >= 4 is 11.9 Å². The van der Waals surface area contributed by atoms with E-state index in [2.05, 4.69) is 29.5 Å². The summed E-state index contributed by atoms with van der Waals surface area (Å²) in [5, 5.41) is 10.6. The minimum atomic E-state index is -0.521. The summed E-state index contributed by atoms with van der Waals surface area (Å²) in [7, 11) is 0. The maximum absolute atomic E-state index is 12.1. The Labute approximate surface area is 125 Å². The second-order valence-corrected chi connectivity index (χ2v) is 5.34. The van der Waals surface area contributed by atoms with Gasteiger partial charge in [-0.05, 0) is 33.1 Å². The predicted octanol–water partition coefficient (Wildman–Crippen LogP) is 1.49. The highest BCUT2D eigenvalue weighted by molar-refractivity contribution is 5.88. The molecule has 1 unspecified atom stereocenters. The molecular formula is C14H24N4O3. The van der Waals surface area contributed by atoms with E-state index in [4.69, 9.17) is 4.74 Å². The topological polar surface area (TPSA) is 86.1 Å². The molecule has 118 valence electrons. The summed E-state index contributed by atoms with van der Waals surface area (Å²) in [5.74, 6) is -0.128. The van der Waals surface area contributed by atoms with Crippen LogP contribution >= 0.6 is 0 Å². The van der Waals surface area contributed by atoms with E-state index in [9.17, 15) is 9.59 Å². The molecule has 0 aromatic carbocycles. The Morgan fingerprint density at radius 2 is 2.00 bits per heavy atom. The van der Waals surface area contributed by atoms with Gasteiger partial charge >= 0.3 is 5.97 Å². The van der Waals surface area contributed by atoms with Gasteiger partial charge in [0.1, 0.15) is 6.04 Å². The lowest BCUT2D eigenvalue weighted by molar-refractivity contribution is -0.124. The van der Waals surface area contributed by atoms with E-state index in [-0.39, 0.29) is 18.2 Å². The first-order valence-electron chi connectivity index (χ1n) is 7.25. The maximum atomic E-state index is 12.1. The van der Waals surface area contributed by atoms with Crippen molar-refractivity contribution in [3.05, 3.63) is 11.4 Å². The van der Waals surface area contributed by atoms with Crippen LogP contribution in [-0.4, -0.2) is 40.0 Å². The Hall–Kier alpha value is -1.92. The van der Waals surface area contributed by atoms with Crippen molar-refractivity contribution in [3.63, 3.8) is 0 Å². The van der Waals surface area contributed by atoms with Gasteiger partial charge < -0.3 is 10.1 Å². The third kappa shape index (κ3) is 4.54. The van der Waals surface area contributed by atoms with Crippen molar-refractivity contribution < 1.29 is 14.3 Å². The second-order valence-electron chi connectivity index (χ2n) is 5.34. The van der Waals surface area contributed by atoms with E-state index >= 15 is 0 Å². The zero-order chi connectivity index (χ0) is 16.0. The summed E-state index contributed by atoms with van der Waals surface area (Å²) in [4.78, 5) is 23.7. The minimum Gasteiger partial charge on any atom is -0.461 e. The molecule has 7 heteroatoms. The van der Waals surface area contributed by atoms with Crippen molar-refractivity contribution in [1.29, 1.82) is 0 Å². The quantitative estimate of drug-likeness (QED) is 0.770. The van der Waals surface area contributed by atoms with E-state index in [0.29, 0.717) is 18.2 Å². The van der Waals surface area contributed by atoms with Crippen molar-refractivity contribution in [2.24, 2.45) is 5.92 Å². The molecule has 1 rings (SSSR count). The summed E-state index contributed by atoms with van der Waals surface area (Å²) in [5.41, 5.74) is 0.679. The fourth-order valence-electron chi connectivity index (χ4n) is 1.84. The minimum absolute atomic E-state index is 0.140. The molecule has 0 aliphatic rings. The van der Waals surface area contributed by atoms with Gasteiger partial charge in [-0.3, -0.25) is 4.79 Å². The van der Waals surface area contributed by atoms with Crippen LogP contribution in [0.3, 0.4) is 0 Å². The first-order chi connectivity index (χ1) is 9.88. The number of rotatable bonds is 7. The Morgan fingerprint density at radius 1 is 1.33 bits per heavy atom. The number of hydrogen-bond acceptors (Lipinski definition) is 5. The Morgan fingerprint density at radius 3 is 2.57 bits per heavy atom. The van der Waals surface area contributed by atoms with Gasteiger partial charge in [0.05, 0.1) is 12.3 Å². The first-order valence-corrected chi connectivity index (χ1v) is 7.25. The SMILES string of the molecule is CCOC(=O)c1nnn(C(C)C(=O)NCCC(C)C)c1C. The molecule has 0 aliphatic heterocycles. The van der Waals surface area contributed by atoms with Crippen LogP contribution in [0.2, 0.25) is 0 Å². The highest BCUT2D eigenvalue weighted by Crippen LogP contribution is 2.12. The van der Waals surface area contributed by atoms with Crippen LogP contribution < -0.4 is 5.32 Å². The van der Waals surface area contributed by atoms with E-state index < -0.39 is 12.0 Å². The second kappa shape index (κ2) is 7.75. The molecule has 0 fully saturated rings. The zero-order valence-electron chi connectivity index (χ0n) is 13.3. The van der Waals surface area contributed by atoms with Gasteiger partial charge in [-0.2, -0.15) is 0 Å². The van der Waals surface area contributed by atoms with Gasteiger partial charge in [0.2, 0.25) is 5.91 Å². The number of carbonyl (C=O) groups is 2. The van der Waals surface area contributed by atoms with Crippen LogP contribution in [0.15, 0.2) is 0 Å². The molecule has 0 radical (unpaired) electrons. The van der Waals surface area contributed by atoms with Gasteiger partial charge in [-0.25, -0.2) is 9.48 Å². The molecule has 1 N–H and O–H groups in total. The molecule has 1 heterocycles. The molecule has 0 saturated heterocycles. The standard InChI is InChI=1S/C14H24N4O3/c1-6-21-14(20)12-10(4)18(17-16-12)11(5)13(19)15-8-7-9(2)3/h9,11H,6-8H2,1-5H3,(H,15,19). The summed E-state index contributed by atoms with van der Waals surface area (Å²) >= 11 is 0. The lowest BCUT2D eigenvalue weighted by atomic mass is 10.1. The van der Waals surface area contributed by atoms with Gasteiger partial charge in [0.25, 0.3) is 0 Å². The summed E-state index contributed by atoms with van der Waals surface area (Å²) in [6.45, 7) is 10.2. The van der Waals surface area contributed by atoms with Crippen LogP contribution in [0.25, 0.3) is 0 Å². The molecule has 0 aliphatic carbocycles. The van der Waals surface area contributed by atoms with Gasteiger partial charge in [0.15, 0.2) is 5.69 Å². The normalized spacial score (nSPS) is 12.3. The first kappa shape index (κ1) is 17.1. The monoisotopic (exact) mass is 296 g/mol. The average molecular weight is 296 g/mol. The van der Waals surface area contributed by atoms with Crippen LogP contribution in [0.4, 0.5) is 0 Å². The van der Waals surface area contributed by atoms with Crippen LogP contribution in [0.1, 0.15) is 56.3 Å². The third-order valence-corrected chi connectivity index (χ3v) is 3.16. The lowest BCUT2D eigenvalue weighted by Crippen LogP contribution is -2.33. The summed E-state index contributed by atoms with van der Waals surface area (Å²) < 4.78 is 6.34. The van der Waals surface area contributed by atoms with E-state index in [0.717, 1.165) is 6.42 Å². The van der Waals surface area contributed by atoms with Crippen LogP contribution in [0.5, 0.6) is 0 Å². The number of nitrogens with zero attached hydrogens (tertiary/aromatic N) is 3. The van der Waals surface area contributed by atoms with E-state index in [1.165, 1.54) is 4.68 Å². The molecule has 0 saturated carbocycles. The van der Waals surface area contributed by atoms with E-state index in [1.54, 1.807) is 20.8 Å². The number of aromatic nitrogens is 3. The third-order valence-electron chi connectivity index (χ3n) is 3.16. The van der Waals surface area contributed by atoms with Crippen molar-refractivity contribution in [2.45, 2.75) is 47.1 Å². The van der Waals surface area contributed by atoms with Gasteiger partial charge in [-0.15, -0.1) is 5.10 Å². The van der Waals surface area contributed by atoms with Gasteiger partial charge in [0, 0.05) is 6.54 Å². The number of nitrogens with one attached hydrogen (secondary N) is 1. The Bertz CT molecular complexity index is 496. The largest absolute Gasteiger partial charge is 0.461 e. The molecular weight excluding hydrogens is 272 g/mol. The molecule has 1 amide bonds. The summed E-state index contributed by atoms with van der Waals surface area (Å²) in [6.07, 6.45) is 0.920. The highest BCUT2D eigenvalue weighted by Gasteiger charge is 2.23. The summed E-state index contributed by atoms with van der Waals surface area (Å²) in [6, 6.07) is -0.521. The smallest absolute Gasteiger partial charge is 0.360 e. The fraction of sp³-hybridized carbons (Fsp3) is 0.714. The Kier molecular flexibility index (Phi) is 6.33. The zero-order valence-corrected chi connectivity index (χ0v) is 13.3. The number of hydrogen-bond donors (Lipinski definition) is 1. The number of amides is 1. The molecule has 7 nitrogen and oxygen atoms in total. The van der Waals surface area contributed by atoms with Crippen molar-refractivity contribution in [1.82, 2.24) is 20.3 Å². The van der Waals surface area contributed by atoms with Crippen LogP contribution in [-0.2, 0) is 9.53 Å². The number of ether oxygens (including phenoxy) is 1. The van der Waals surface area contributed by atoms with Crippen LogP contribution in [0, 0.1) is 12.8 Å². The average Bonchev–Trinajstić information content (AvgIpc) is 2.79. The molecule has 21 heavy (non-hydrogen) atoms. The fourth-order valence-corrected chi connectivity index (χ4v) is 1.84.